The van der Waals surface area contributed by atoms with Crippen molar-refractivity contribution in [2.45, 2.75) is 18.3 Å². The minimum Gasteiger partial charge on any atom is -0.362 e. The topological polar surface area (TPSA) is 68.7 Å². The van der Waals surface area contributed by atoms with Crippen LogP contribution in [0, 0.1) is 0 Å². The number of carbonyl (C=O) groups excluding carboxylic acids is 1. The summed E-state index contributed by atoms with van der Waals surface area (Å²) in [5.41, 5.74) is 1.48. The maximum atomic E-state index is 12.8. The number of piperazine rings is 1. The minimum atomic E-state index is -4.35. The molecule has 10 heteroatoms. The predicted molar refractivity (Wildman–Crippen MR) is 85.1 cm³/mol. The lowest BCUT2D eigenvalue weighted by atomic mass is 9.85. The van der Waals surface area contributed by atoms with Gasteiger partial charge < -0.3 is 9.80 Å². The second-order valence-electron chi connectivity index (χ2n) is 5.94. The smallest absolute Gasteiger partial charge is 0.362 e. The highest BCUT2D eigenvalue weighted by Crippen LogP contribution is 2.42. The van der Waals surface area contributed by atoms with Crippen LogP contribution in [-0.2, 0) is 6.18 Å². The van der Waals surface area contributed by atoms with E-state index in [1.165, 1.54) is 29.7 Å². The van der Waals surface area contributed by atoms with Gasteiger partial charge in [0.1, 0.15) is 4.88 Å². The van der Waals surface area contributed by atoms with Crippen molar-refractivity contribution in [3.63, 3.8) is 0 Å². The highest BCUT2D eigenvalue weighted by Gasteiger charge is 2.52. The second-order valence-corrected chi connectivity index (χ2v) is 6.94. The van der Waals surface area contributed by atoms with Crippen molar-refractivity contribution in [1.82, 2.24) is 10.5 Å². The quantitative estimate of drug-likeness (QED) is 0.641. The van der Waals surface area contributed by atoms with E-state index in [1.807, 2.05) is 9.80 Å². The highest BCUT2D eigenvalue weighted by atomic mass is 32.1. The van der Waals surface area contributed by atoms with E-state index in [4.69, 9.17) is 5.21 Å². The van der Waals surface area contributed by atoms with Gasteiger partial charge in [-0.25, -0.2) is 10.5 Å². The van der Waals surface area contributed by atoms with Crippen molar-refractivity contribution in [2.24, 2.45) is 0 Å². The number of fused-ring (bicyclic) bond motifs is 1. The number of hydrogen-bond acceptors (Lipinski definition) is 6. The van der Waals surface area contributed by atoms with E-state index in [1.54, 1.807) is 11.5 Å². The molecule has 0 bridgehead atoms. The van der Waals surface area contributed by atoms with Crippen LogP contribution in [0.15, 0.2) is 30.5 Å². The summed E-state index contributed by atoms with van der Waals surface area (Å²) in [5.74, 6) is -0.611. The number of hydroxylamine groups is 1. The Bertz CT molecular complexity index is 825. The molecule has 1 amide bonds. The fourth-order valence-corrected chi connectivity index (χ4v) is 4.06. The van der Waals surface area contributed by atoms with Gasteiger partial charge in [0, 0.05) is 18.8 Å². The Balaban J connectivity index is 1.44. The van der Waals surface area contributed by atoms with Gasteiger partial charge in [0.25, 0.3) is 5.91 Å². The maximum absolute atomic E-state index is 12.8. The highest BCUT2D eigenvalue weighted by molar-refractivity contribution is 7.17. The Morgan fingerprint density at radius 1 is 1.28 bits per heavy atom. The van der Waals surface area contributed by atoms with Crippen LogP contribution in [0.3, 0.4) is 0 Å². The van der Waals surface area contributed by atoms with E-state index in [2.05, 4.69) is 4.98 Å². The zero-order valence-electron chi connectivity index (χ0n) is 12.7. The SMILES string of the molecule is O=C(NO)c1cnc(N2CC3[C@H]2CN3c2cccc(C(F)(F)F)c2)s1. The van der Waals surface area contributed by atoms with E-state index in [0.717, 1.165) is 6.07 Å². The van der Waals surface area contributed by atoms with Crippen LogP contribution in [-0.4, -0.2) is 41.3 Å². The lowest BCUT2D eigenvalue weighted by Gasteiger charge is -2.62. The third kappa shape index (κ3) is 2.61. The fourth-order valence-electron chi connectivity index (χ4n) is 3.19. The average molecular weight is 370 g/mol. The molecule has 0 spiro atoms. The summed E-state index contributed by atoms with van der Waals surface area (Å²) in [7, 11) is 0. The van der Waals surface area contributed by atoms with E-state index < -0.39 is 17.6 Å². The van der Waals surface area contributed by atoms with Gasteiger partial charge in [-0.2, -0.15) is 13.2 Å². The van der Waals surface area contributed by atoms with Gasteiger partial charge in [0.05, 0.1) is 23.8 Å². The molecular weight excluding hydrogens is 357 g/mol. The first-order chi connectivity index (χ1) is 11.9. The number of anilines is 2. The van der Waals surface area contributed by atoms with Gasteiger partial charge in [-0.3, -0.25) is 10.0 Å². The molecule has 1 unspecified atom stereocenters. The van der Waals surface area contributed by atoms with E-state index >= 15 is 0 Å². The summed E-state index contributed by atoms with van der Waals surface area (Å²) in [6, 6.07) is 5.65. The molecule has 4 rings (SSSR count). The first-order valence-electron chi connectivity index (χ1n) is 7.49. The van der Waals surface area contributed by atoms with E-state index in [-0.39, 0.29) is 12.1 Å². The maximum Gasteiger partial charge on any atom is 0.416 e. The van der Waals surface area contributed by atoms with Gasteiger partial charge in [-0.15, -0.1) is 0 Å². The van der Waals surface area contributed by atoms with Crippen molar-refractivity contribution >= 4 is 28.1 Å². The van der Waals surface area contributed by atoms with Gasteiger partial charge >= 0.3 is 6.18 Å². The number of aromatic nitrogens is 1. The van der Waals surface area contributed by atoms with E-state index in [0.29, 0.717) is 28.8 Å². The Hall–Kier alpha value is -2.33. The number of carbonyl (C=O) groups is 1. The van der Waals surface area contributed by atoms with Gasteiger partial charge in [-0.1, -0.05) is 17.4 Å². The Morgan fingerprint density at radius 3 is 2.64 bits per heavy atom. The van der Waals surface area contributed by atoms with Crippen molar-refractivity contribution in [3.8, 4) is 0 Å². The number of rotatable bonds is 3. The van der Waals surface area contributed by atoms with Gasteiger partial charge in [0.15, 0.2) is 5.13 Å². The lowest BCUT2D eigenvalue weighted by molar-refractivity contribution is -0.137. The number of alkyl halides is 3. The van der Waals surface area contributed by atoms with Crippen molar-refractivity contribution in [2.75, 3.05) is 22.9 Å². The molecule has 2 aliphatic rings. The molecule has 6 nitrogen and oxygen atoms in total. The number of halogens is 3. The summed E-state index contributed by atoms with van der Waals surface area (Å²) >= 11 is 1.17. The molecule has 0 saturated carbocycles. The largest absolute Gasteiger partial charge is 0.416 e. The van der Waals surface area contributed by atoms with Crippen LogP contribution < -0.4 is 15.3 Å². The number of thiazole rings is 1. The van der Waals surface area contributed by atoms with Crippen molar-refractivity contribution in [1.29, 1.82) is 0 Å². The molecule has 3 heterocycles. The number of hydrogen-bond donors (Lipinski definition) is 2. The lowest BCUT2D eigenvalue weighted by Crippen LogP contribution is -2.79. The molecule has 0 radical (unpaired) electrons. The molecular formula is C15H13F3N4O2S. The average Bonchev–Trinajstić information content (AvgIpc) is 3.05. The van der Waals surface area contributed by atoms with Crippen LogP contribution in [0.1, 0.15) is 15.2 Å². The molecule has 0 aliphatic carbocycles. The van der Waals surface area contributed by atoms with Crippen LogP contribution in [0.2, 0.25) is 0 Å². The van der Waals surface area contributed by atoms with Crippen LogP contribution in [0.4, 0.5) is 24.0 Å². The van der Waals surface area contributed by atoms with Gasteiger partial charge in [0.2, 0.25) is 0 Å². The summed E-state index contributed by atoms with van der Waals surface area (Å²) in [5, 5.41) is 9.30. The molecule has 1 aromatic heterocycles. The first kappa shape index (κ1) is 16.2. The second kappa shape index (κ2) is 5.60. The standard InChI is InChI=1S/C15H13F3N4O2S/c16-15(17,18)8-2-1-3-9(4-8)21-6-11-10(21)7-22(11)14-19-5-12(25-14)13(23)20-24/h1-5,10-11,24H,6-7H2,(H,20,23)/t10?,11-/m1/s1. The van der Waals surface area contributed by atoms with E-state index in [9.17, 15) is 18.0 Å². The van der Waals surface area contributed by atoms with Crippen molar-refractivity contribution < 1.29 is 23.2 Å². The van der Waals surface area contributed by atoms with Crippen LogP contribution in [0.5, 0.6) is 0 Å². The molecule has 132 valence electrons. The normalized spacial score (nSPS) is 22.1. The molecule has 25 heavy (non-hydrogen) atoms. The molecule has 2 fully saturated rings. The van der Waals surface area contributed by atoms with Gasteiger partial charge in [-0.05, 0) is 18.2 Å². The predicted octanol–water partition coefficient (Wildman–Crippen LogP) is 2.36. The van der Waals surface area contributed by atoms with Crippen LogP contribution >= 0.6 is 11.3 Å². The third-order valence-corrected chi connectivity index (χ3v) is 5.62. The summed E-state index contributed by atoms with van der Waals surface area (Å²) in [6.45, 7) is 1.24. The summed E-state index contributed by atoms with van der Waals surface area (Å²) in [6.07, 6.45) is -2.96. The Labute approximate surface area is 144 Å². The zero-order chi connectivity index (χ0) is 17.8. The van der Waals surface area contributed by atoms with Crippen LogP contribution in [0.25, 0.3) is 0 Å². The Kier molecular flexibility index (Phi) is 3.62. The number of nitrogens with zero attached hydrogens (tertiary/aromatic N) is 3. The number of amides is 1. The number of nitrogens with one attached hydrogen (secondary N) is 1. The van der Waals surface area contributed by atoms with Crippen molar-refractivity contribution in [3.05, 3.63) is 40.9 Å². The number of benzene rings is 1. The molecule has 2 aliphatic heterocycles. The Morgan fingerprint density at radius 2 is 2.00 bits per heavy atom. The molecule has 2 aromatic rings. The third-order valence-electron chi connectivity index (χ3n) is 4.58. The minimum absolute atomic E-state index is 0.141. The first-order valence-corrected chi connectivity index (χ1v) is 8.31. The summed E-state index contributed by atoms with van der Waals surface area (Å²) < 4.78 is 38.5. The molecule has 2 N–H and O–H groups in total. The summed E-state index contributed by atoms with van der Waals surface area (Å²) in [4.78, 5) is 19.8. The monoisotopic (exact) mass is 370 g/mol. The molecule has 2 atom stereocenters. The molecule has 1 aromatic carbocycles. The molecule has 2 saturated heterocycles. The fraction of sp³-hybridized carbons (Fsp3) is 0.333. The zero-order valence-corrected chi connectivity index (χ0v) is 13.5.